The molecule has 2 aromatic carbocycles. The zero-order valence-corrected chi connectivity index (χ0v) is 22.1. The van der Waals surface area contributed by atoms with Crippen LogP contribution in [0.3, 0.4) is 0 Å². The molecular weight excluding hydrogens is 434 g/mol. The fraction of sp³-hybridized carbons (Fsp3) is 0.536. The van der Waals surface area contributed by atoms with Crippen LogP contribution in [0.5, 0.6) is 0 Å². The van der Waals surface area contributed by atoms with Crippen molar-refractivity contribution in [3.05, 3.63) is 71.3 Å². The third-order valence-corrected chi connectivity index (χ3v) is 6.63. The zero-order chi connectivity index (χ0) is 24.0. The topological polar surface area (TPSA) is 46.5 Å². The van der Waals surface area contributed by atoms with E-state index in [1.54, 1.807) is 12.1 Å². The molecule has 2 unspecified atom stereocenters. The minimum atomic E-state index is -0.865. The highest BCUT2D eigenvalue weighted by Gasteiger charge is 2.22. The first-order valence-electron chi connectivity index (χ1n) is 12.1. The Morgan fingerprint density at radius 1 is 0.879 bits per heavy atom. The van der Waals surface area contributed by atoms with Crippen LogP contribution in [0.4, 0.5) is 0 Å². The molecule has 1 fully saturated rings. The number of benzene rings is 2. The summed E-state index contributed by atoms with van der Waals surface area (Å²) in [7, 11) is 2.29. The van der Waals surface area contributed by atoms with E-state index in [-0.39, 0.29) is 12.4 Å². The molecule has 3 rings (SSSR count). The first kappa shape index (κ1) is 31.1. The Labute approximate surface area is 208 Å². The molecule has 2 atom stereocenters. The van der Waals surface area contributed by atoms with Crippen LogP contribution in [0.2, 0.25) is 0 Å². The molecule has 0 spiro atoms. The molecule has 0 aromatic heterocycles. The van der Waals surface area contributed by atoms with Crippen LogP contribution in [0.15, 0.2) is 54.6 Å². The van der Waals surface area contributed by atoms with E-state index in [9.17, 15) is 4.79 Å². The molecule has 186 valence electrons. The van der Waals surface area contributed by atoms with Crippen molar-refractivity contribution in [2.45, 2.75) is 59.3 Å². The maximum atomic E-state index is 10.6. The number of rotatable bonds is 6. The lowest BCUT2D eigenvalue weighted by molar-refractivity contribution is -0.915. The highest BCUT2D eigenvalue weighted by molar-refractivity contribution is 5.87. The minimum absolute atomic E-state index is 0. The summed E-state index contributed by atoms with van der Waals surface area (Å²) in [6.45, 7) is 16.5. The van der Waals surface area contributed by atoms with Gasteiger partial charge < -0.3 is 26.7 Å². The van der Waals surface area contributed by atoms with E-state index in [2.05, 4.69) is 72.0 Å². The number of hydrogen-bond donors (Lipinski definition) is 1. The number of halogens is 1. The van der Waals surface area contributed by atoms with E-state index in [1.165, 1.54) is 41.7 Å². The maximum absolute atomic E-state index is 10.6. The number of hydrogen-bond acceptors (Lipinski definition) is 2. The van der Waals surface area contributed by atoms with Gasteiger partial charge in [-0.2, -0.15) is 0 Å². The zero-order valence-electron chi connectivity index (χ0n) is 21.4. The minimum Gasteiger partial charge on any atom is -1.00 e. The molecule has 2 aromatic rings. The van der Waals surface area contributed by atoms with Crippen molar-refractivity contribution in [3.63, 3.8) is 0 Å². The van der Waals surface area contributed by atoms with Gasteiger partial charge in [0.05, 0.1) is 32.4 Å². The number of quaternary nitrogens is 1. The van der Waals surface area contributed by atoms with Crippen molar-refractivity contribution >= 4 is 5.97 Å². The van der Waals surface area contributed by atoms with E-state index < -0.39 is 5.97 Å². The molecular formula is C28H44ClNO3. The molecule has 4 nitrogen and oxygen atoms in total. The van der Waals surface area contributed by atoms with Gasteiger partial charge in [-0.25, -0.2) is 4.79 Å². The first-order valence-corrected chi connectivity index (χ1v) is 12.1. The lowest BCUT2D eigenvalue weighted by atomic mass is 9.98. The monoisotopic (exact) mass is 477 g/mol. The average Bonchev–Trinajstić information content (AvgIpc) is 2.85. The smallest absolute Gasteiger partial charge is 0.335 e. The molecule has 1 N–H and O–H groups in total. The van der Waals surface area contributed by atoms with Gasteiger partial charge in [-0.15, -0.1) is 0 Å². The Balaban J connectivity index is 0.000000467. The number of aromatic carboxylic acids is 1. The van der Waals surface area contributed by atoms with Crippen LogP contribution in [0.25, 0.3) is 0 Å². The molecule has 0 aliphatic carbocycles. The lowest BCUT2D eigenvalue weighted by Crippen LogP contribution is -3.00. The summed E-state index contributed by atoms with van der Waals surface area (Å²) in [5.74, 6) is 0.347. The molecule has 0 saturated carbocycles. The summed E-state index contributed by atoms with van der Waals surface area (Å²) < 4.78 is 6.45. The summed E-state index contributed by atoms with van der Waals surface area (Å²) in [5, 5.41) is 8.67. The van der Waals surface area contributed by atoms with Gasteiger partial charge in [0.15, 0.2) is 0 Å². The van der Waals surface area contributed by atoms with Crippen LogP contribution in [-0.4, -0.2) is 55.5 Å². The number of likely N-dealkylation sites (N-methyl/N-ethyl adjacent to an activating group) is 1. The van der Waals surface area contributed by atoms with Gasteiger partial charge in [0.1, 0.15) is 13.1 Å². The normalized spacial score (nSPS) is 15.9. The SMILES string of the molecule is CCC(C)c1ccc(C(=O)O)cc1.CCC(C)c1ccccc1.CC[N+]1(C)CCOCC1.[Cl-]. The largest absolute Gasteiger partial charge is 1.00 e. The number of morpholine rings is 1. The van der Waals surface area contributed by atoms with Crippen molar-refractivity contribution in [2.24, 2.45) is 0 Å². The molecule has 0 bridgehead atoms. The van der Waals surface area contributed by atoms with Gasteiger partial charge in [-0.1, -0.05) is 70.2 Å². The molecule has 0 radical (unpaired) electrons. The van der Waals surface area contributed by atoms with Crippen LogP contribution >= 0.6 is 0 Å². The van der Waals surface area contributed by atoms with Gasteiger partial charge in [0, 0.05) is 0 Å². The predicted octanol–water partition coefficient (Wildman–Crippen LogP) is 3.59. The Morgan fingerprint density at radius 2 is 1.33 bits per heavy atom. The van der Waals surface area contributed by atoms with Crippen LogP contribution in [-0.2, 0) is 4.74 Å². The highest BCUT2D eigenvalue weighted by Crippen LogP contribution is 2.19. The Morgan fingerprint density at radius 3 is 1.70 bits per heavy atom. The third-order valence-electron chi connectivity index (χ3n) is 6.63. The molecule has 1 saturated heterocycles. The van der Waals surface area contributed by atoms with Gasteiger partial charge >= 0.3 is 5.97 Å². The van der Waals surface area contributed by atoms with Crippen molar-refractivity contribution in [1.82, 2.24) is 0 Å². The molecule has 1 heterocycles. The standard InChI is InChI=1S/C11H14O2.C10H14.C7H16NO.ClH/c1-3-8(2)9-4-6-10(7-5-9)11(12)13;1-3-9(2)10-7-5-4-6-8-10;1-3-8(2)4-6-9-7-5-8;/h4-8H,3H2,1-2H3,(H,12,13);4-9H,3H2,1-2H3;3-7H2,1-2H3;1H/q;;+1;/p-1. The Hall–Kier alpha value is -1.88. The Bertz CT molecular complexity index is 758. The van der Waals surface area contributed by atoms with Crippen LogP contribution in [0, 0.1) is 0 Å². The van der Waals surface area contributed by atoms with E-state index >= 15 is 0 Å². The lowest BCUT2D eigenvalue weighted by Gasteiger charge is -2.36. The van der Waals surface area contributed by atoms with E-state index in [0.29, 0.717) is 17.4 Å². The van der Waals surface area contributed by atoms with Gasteiger partial charge in [-0.05, 0) is 54.9 Å². The van der Waals surface area contributed by atoms with Crippen molar-refractivity contribution < 1.29 is 31.5 Å². The Kier molecular flexibility index (Phi) is 15.7. The summed E-state index contributed by atoms with van der Waals surface area (Å²) in [4.78, 5) is 10.6. The second-order valence-corrected chi connectivity index (χ2v) is 8.95. The summed E-state index contributed by atoms with van der Waals surface area (Å²) in [6, 6.07) is 17.7. The maximum Gasteiger partial charge on any atom is 0.335 e. The number of nitrogens with zero attached hydrogens (tertiary/aromatic N) is 1. The fourth-order valence-electron chi connectivity index (χ4n) is 3.31. The van der Waals surface area contributed by atoms with Crippen molar-refractivity contribution in [3.8, 4) is 0 Å². The average molecular weight is 478 g/mol. The fourth-order valence-corrected chi connectivity index (χ4v) is 3.31. The number of ether oxygens (including phenoxy) is 1. The van der Waals surface area contributed by atoms with Crippen molar-refractivity contribution in [1.29, 1.82) is 0 Å². The molecule has 1 aliphatic heterocycles. The van der Waals surface area contributed by atoms with Crippen LogP contribution in [0.1, 0.15) is 80.8 Å². The quantitative estimate of drug-likeness (QED) is 0.647. The van der Waals surface area contributed by atoms with E-state index in [0.717, 1.165) is 19.6 Å². The molecule has 1 aliphatic rings. The van der Waals surface area contributed by atoms with Crippen molar-refractivity contribution in [2.75, 3.05) is 39.9 Å². The summed E-state index contributed by atoms with van der Waals surface area (Å²) in [5.41, 5.74) is 3.00. The first-order chi connectivity index (χ1) is 15.3. The molecule has 33 heavy (non-hydrogen) atoms. The number of carbonyl (C=O) groups is 1. The second kappa shape index (κ2) is 16.7. The molecule has 0 amide bonds. The summed E-state index contributed by atoms with van der Waals surface area (Å²) >= 11 is 0. The predicted molar refractivity (Wildman–Crippen MR) is 135 cm³/mol. The summed E-state index contributed by atoms with van der Waals surface area (Å²) in [6.07, 6.45) is 2.30. The highest BCUT2D eigenvalue weighted by atomic mass is 35.5. The van der Waals surface area contributed by atoms with Gasteiger partial charge in [-0.3, -0.25) is 0 Å². The van der Waals surface area contributed by atoms with Gasteiger partial charge in [0.2, 0.25) is 0 Å². The third kappa shape index (κ3) is 11.7. The second-order valence-electron chi connectivity index (χ2n) is 8.95. The molecule has 5 heteroatoms. The number of carboxylic acids is 1. The van der Waals surface area contributed by atoms with E-state index in [1.807, 2.05) is 12.1 Å². The number of carboxylic acid groups (broad SMARTS) is 1. The van der Waals surface area contributed by atoms with E-state index in [4.69, 9.17) is 9.84 Å². The van der Waals surface area contributed by atoms with Gasteiger partial charge in [0.25, 0.3) is 0 Å². The van der Waals surface area contributed by atoms with Crippen LogP contribution < -0.4 is 12.4 Å².